The summed E-state index contributed by atoms with van der Waals surface area (Å²) in [6.07, 6.45) is 3.27. The van der Waals surface area contributed by atoms with Crippen molar-refractivity contribution in [3.05, 3.63) is 58.1 Å². The van der Waals surface area contributed by atoms with Crippen LogP contribution in [0, 0.1) is 0 Å². The van der Waals surface area contributed by atoms with Crippen LogP contribution in [0.25, 0.3) is 10.9 Å². The minimum absolute atomic E-state index is 0.378. The van der Waals surface area contributed by atoms with Crippen LogP contribution in [0.1, 0.15) is 24.8 Å². The molecular weight excluding hydrogens is 405 g/mol. The standard InChI is InChI=1S/C22H25Cl2N5/c1-29(2)22-27-20-6-4-3-5-19(20)21(28-22)26-18-8-7-17(12-18)25-13-14-9-15(23)11-16(24)10-14/h3-6,9-11,17-18,25H,7-8,12-13H2,1-2H3,(H,26,27,28)/t17-,18+/m1/s1. The van der Waals surface area contributed by atoms with Gasteiger partial charge in [-0.15, -0.1) is 0 Å². The number of hydrogen-bond acceptors (Lipinski definition) is 5. The van der Waals surface area contributed by atoms with Crippen LogP contribution in [-0.4, -0.2) is 36.1 Å². The molecule has 0 radical (unpaired) electrons. The Morgan fingerprint density at radius 3 is 2.48 bits per heavy atom. The Kier molecular flexibility index (Phi) is 6.09. The molecule has 2 N–H and O–H groups in total. The number of anilines is 2. The molecule has 0 spiro atoms. The second-order valence-electron chi connectivity index (χ2n) is 7.79. The van der Waals surface area contributed by atoms with Crippen molar-refractivity contribution in [2.24, 2.45) is 0 Å². The van der Waals surface area contributed by atoms with E-state index >= 15 is 0 Å². The number of nitrogens with zero attached hydrogens (tertiary/aromatic N) is 3. The molecule has 0 saturated heterocycles. The first-order valence-corrected chi connectivity index (χ1v) is 10.6. The molecule has 1 fully saturated rings. The summed E-state index contributed by atoms with van der Waals surface area (Å²) in [4.78, 5) is 11.3. The maximum absolute atomic E-state index is 6.10. The van der Waals surface area contributed by atoms with Gasteiger partial charge in [0.15, 0.2) is 0 Å². The molecule has 1 aromatic heterocycles. The number of fused-ring (bicyclic) bond motifs is 1. The highest BCUT2D eigenvalue weighted by Crippen LogP contribution is 2.28. The quantitative estimate of drug-likeness (QED) is 0.568. The predicted molar refractivity (Wildman–Crippen MR) is 122 cm³/mol. The van der Waals surface area contributed by atoms with Crippen LogP contribution in [0.3, 0.4) is 0 Å². The molecule has 0 amide bonds. The number of nitrogens with one attached hydrogen (secondary N) is 2. The van der Waals surface area contributed by atoms with Crippen LogP contribution in [0.5, 0.6) is 0 Å². The summed E-state index contributed by atoms with van der Waals surface area (Å²) in [5, 5.41) is 9.71. The lowest BCUT2D eigenvalue weighted by atomic mass is 10.2. The summed E-state index contributed by atoms with van der Waals surface area (Å²) in [6.45, 7) is 0.763. The van der Waals surface area contributed by atoms with Crippen molar-refractivity contribution in [1.29, 1.82) is 0 Å². The lowest BCUT2D eigenvalue weighted by molar-refractivity contribution is 0.520. The summed E-state index contributed by atoms with van der Waals surface area (Å²) < 4.78 is 0. The Morgan fingerprint density at radius 2 is 1.72 bits per heavy atom. The van der Waals surface area contributed by atoms with Gasteiger partial charge in [0.05, 0.1) is 5.52 Å². The normalized spacial score (nSPS) is 18.9. The lowest BCUT2D eigenvalue weighted by Gasteiger charge is -2.18. The van der Waals surface area contributed by atoms with E-state index in [0.717, 1.165) is 54.0 Å². The molecule has 29 heavy (non-hydrogen) atoms. The Hall–Kier alpha value is -2.08. The van der Waals surface area contributed by atoms with Gasteiger partial charge in [0, 0.05) is 48.2 Å². The van der Waals surface area contributed by atoms with Gasteiger partial charge < -0.3 is 15.5 Å². The van der Waals surface area contributed by atoms with E-state index in [0.29, 0.717) is 22.1 Å². The first-order chi connectivity index (χ1) is 14.0. The summed E-state index contributed by atoms with van der Waals surface area (Å²) in [5.41, 5.74) is 2.07. The SMILES string of the molecule is CN(C)c1nc(N[C@H]2CC[C@@H](NCc3cc(Cl)cc(Cl)c3)C2)c2ccccc2n1. The highest BCUT2D eigenvalue weighted by molar-refractivity contribution is 6.34. The zero-order valence-corrected chi connectivity index (χ0v) is 18.1. The number of para-hydroxylation sites is 1. The van der Waals surface area contributed by atoms with Crippen molar-refractivity contribution in [1.82, 2.24) is 15.3 Å². The fourth-order valence-electron chi connectivity index (χ4n) is 3.84. The van der Waals surface area contributed by atoms with Crippen molar-refractivity contribution in [2.75, 3.05) is 24.3 Å². The number of aromatic nitrogens is 2. The van der Waals surface area contributed by atoms with Crippen LogP contribution in [-0.2, 0) is 6.54 Å². The second kappa shape index (κ2) is 8.74. The molecule has 5 nitrogen and oxygen atoms in total. The van der Waals surface area contributed by atoms with Crippen molar-refractivity contribution in [3.63, 3.8) is 0 Å². The van der Waals surface area contributed by atoms with E-state index in [1.165, 1.54) is 0 Å². The van der Waals surface area contributed by atoms with Crippen LogP contribution in [0.4, 0.5) is 11.8 Å². The molecular formula is C22H25Cl2N5. The van der Waals surface area contributed by atoms with E-state index < -0.39 is 0 Å². The molecule has 1 heterocycles. The highest BCUT2D eigenvalue weighted by Gasteiger charge is 2.25. The number of rotatable bonds is 6. The molecule has 2 aromatic carbocycles. The zero-order valence-electron chi connectivity index (χ0n) is 16.6. The molecule has 0 aliphatic heterocycles. The Morgan fingerprint density at radius 1 is 1.00 bits per heavy atom. The molecule has 7 heteroatoms. The average molecular weight is 430 g/mol. The van der Waals surface area contributed by atoms with Gasteiger partial charge in [0.25, 0.3) is 0 Å². The summed E-state index contributed by atoms with van der Waals surface area (Å²) in [7, 11) is 3.93. The monoisotopic (exact) mass is 429 g/mol. The van der Waals surface area contributed by atoms with Gasteiger partial charge in [-0.05, 0) is 55.2 Å². The summed E-state index contributed by atoms with van der Waals surface area (Å²) in [5.74, 6) is 1.63. The van der Waals surface area contributed by atoms with Crippen molar-refractivity contribution < 1.29 is 0 Å². The maximum Gasteiger partial charge on any atom is 0.227 e. The van der Waals surface area contributed by atoms with Gasteiger partial charge >= 0.3 is 0 Å². The Labute approximate surface area is 181 Å². The first-order valence-electron chi connectivity index (χ1n) is 9.87. The van der Waals surface area contributed by atoms with Gasteiger partial charge in [-0.3, -0.25) is 0 Å². The number of hydrogen-bond donors (Lipinski definition) is 2. The molecule has 0 bridgehead atoms. The van der Waals surface area contributed by atoms with Crippen LogP contribution >= 0.6 is 23.2 Å². The third-order valence-electron chi connectivity index (χ3n) is 5.28. The third kappa shape index (κ3) is 4.92. The van der Waals surface area contributed by atoms with Crippen molar-refractivity contribution >= 4 is 45.9 Å². The van der Waals surface area contributed by atoms with E-state index in [-0.39, 0.29) is 0 Å². The Balaban J connectivity index is 1.42. The minimum atomic E-state index is 0.378. The van der Waals surface area contributed by atoms with Gasteiger partial charge in [-0.2, -0.15) is 4.98 Å². The summed E-state index contributed by atoms with van der Waals surface area (Å²) >= 11 is 12.2. The molecule has 1 aliphatic rings. The average Bonchev–Trinajstić information content (AvgIpc) is 3.13. The largest absolute Gasteiger partial charge is 0.367 e. The molecule has 3 aromatic rings. The smallest absolute Gasteiger partial charge is 0.227 e. The van der Waals surface area contributed by atoms with Crippen molar-refractivity contribution in [3.8, 4) is 0 Å². The molecule has 1 saturated carbocycles. The fraction of sp³-hybridized carbons (Fsp3) is 0.364. The van der Waals surface area contributed by atoms with Crippen molar-refractivity contribution in [2.45, 2.75) is 37.9 Å². The van der Waals surface area contributed by atoms with Crippen LogP contribution < -0.4 is 15.5 Å². The molecule has 4 rings (SSSR count). The summed E-state index contributed by atoms with van der Waals surface area (Å²) in [6, 6.07) is 14.7. The number of halogens is 2. The number of benzene rings is 2. The topological polar surface area (TPSA) is 53.1 Å². The van der Waals surface area contributed by atoms with Gasteiger partial charge in [0.2, 0.25) is 5.95 Å². The van der Waals surface area contributed by atoms with Gasteiger partial charge in [-0.1, -0.05) is 35.3 Å². The third-order valence-corrected chi connectivity index (χ3v) is 5.72. The van der Waals surface area contributed by atoms with Gasteiger partial charge in [0.1, 0.15) is 5.82 Å². The van der Waals surface area contributed by atoms with Gasteiger partial charge in [-0.25, -0.2) is 4.98 Å². The molecule has 1 aliphatic carbocycles. The van der Waals surface area contributed by atoms with E-state index in [9.17, 15) is 0 Å². The first kappa shape index (κ1) is 20.2. The van der Waals surface area contributed by atoms with Crippen LogP contribution in [0.2, 0.25) is 10.0 Å². The lowest BCUT2D eigenvalue weighted by Crippen LogP contribution is -2.28. The predicted octanol–water partition coefficient (Wildman–Crippen LogP) is 5.13. The second-order valence-corrected chi connectivity index (χ2v) is 8.67. The Bertz CT molecular complexity index is 987. The maximum atomic E-state index is 6.10. The molecule has 152 valence electrons. The highest BCUT2D eigenvalue weighted by atomic mass is 35.5. The van der Waals surface area contributed by atoms with E-state index in [2.05, 4.69) is 21.7 Å². The van der Waals surface area contributed by atoms with E-state index in [4.69, 9.17) is 28.2 Å². The fourth-order valence-corrected chi connectivity index (χ4v) is 4.41. The van der Waals surface area contributed by atoms with E-state index in [1.807, 2.05) is 49.3 Å². The zero-order chi connectivity index (χ0) is 20.4. The van der Waals surface area contributed by atoms with E-state index in [1.54, 1.807) is 6.07 Å². The minimum Gasteiger partial charge on any atom is -0.367 e. The molecule has 2 atom stereocenters. The van der Waals surface area contributed by atoms with Crippen LogP contribution in [0.15, 0.2) is 42.5 Å². The molecule has 0 unspecified atom stereocenters.